The molecule has 0 radical (unpaired) electrons. The van der Waals surface area contributed by atoms with Crippen LogP contribution in [0.15, 0.2) is 36.4 Å². The van der Waals surface area contributed by atoms with Gasteiger partial charge in [0.05, 0.1) is 16.9 Å². The molecule has 0 atom stereocenters. The molecular formula is C14H12N2O2. The van der Waals surface area contributed by atoms with Gasteiger partial charge in [-0.2, -0.15) is 0 Å². The van der Waals surface area contributed by atoms with Crippen molar-refractivity contribution in [3.63, 3.8) is 0 Å². The first kappa shape index (κ1) is 11.7. The zero-order chi connectivity index (χ0) is 13.1. The molecule has 0 heterocycles. The van der Waals surface area contributed by atoms with E-state index in [0.717, 1.165) is 0 Å². The normalized spacial score (nSPS) is 9.56. The van der Waals surface area contributed by atoms with Crippen molar-refractivity contribution in [2.24, 2.45) is 0 Å². The molecule has 0 fully saturated rings. The van der Waals surface area contributed by atoms with Gasteiger partial charge >= 0.3 is 0 Å². The molecule has 0 bridgehead atoms. The van der Waals surface area contributed by atoms with Gasteiger partial charge in [-0.1, -0.05) is 17.9 Å². The number of rotatable bonds is 0. The van der Waals surface area contributed by atoms with Crippen LogP contribution in [0.5, 0.6) is 11.5 Å². The van der Waals surface area contributed by atoms with E-state index in [0.29, 0.717) is 16.8 Å². The summed E-state index contributed by atoms with van der Waals surface area (Å²) in [5.41, 5.74) is 12.7. The first-order valence-electron chi connectivity index (χ1n) is 5.26. The molecule has 6 N–H and O–H groups in total. The van der Waals surface area contributed by atoms with E-state index in [-0.39, 0.29) is 17.2 Å². The van der Waals surface area contributed by atoms with Crippen molar-refractivity contribution in [2.75, 3.05) is 11.5 Å². The van der Waals surface area contributed by atoms with Gasteiger partial charge in [0.1, 0.15) is 5.75 Å². The molecule has 2 rings (SSSR count). The van der Waals surface area contributed by atoms with Gasteiger partial charge < -0.3 is 21.7 Å². The van der Waals surface area contributed by atoms with Crippen LogP contribution in [0.25, 0.3) is 0 Å². The van der Waals surface area contributed by atoms with E-state index in [1.54, 1.807) is 30.3 Å². The van der Waals surface area contributed by atoms with Crippen molar-refractivity contribution in [2.45, 2.75) is 0 Å². The van der Waals surface area contributed by atoms with Gasteiger partial charge in [0.25, 0.3) is 0 Å². The summed E-state index contributed by atoms with van der Waals surface area (Å²) in [6.07, 6.45) is 0. The maximum absolute atomic E-state index is 9.68. The van der Waals surface area contributed by atoms with E-state index in [9.17, 15) is 10.2 Å². The number of anilines is 2. The summed E-state index contributed by atoms with van der Waals surface area (Å²) in [6, 6.07) is 9.68. The quantitative estimate of drug-likeness (QED) is 0.320. The first-order chi connectivity index (χ1) is 8.58. The molecule has 0 spiro atoms. The monoisotopic (exact) mass is 240 g/mol. The number of nitrogens with two attached hydrogens (primary N) is 2. The van der Waals surface area contributed by atoms with Crippen molar-refractivity contribution < 1.29 is 10.2 Å². The molecule has 2 aromatic rings. The predicted molar refractivity (Wildman–Crippen MR) is 71.0 cm³/mol. The Bertz CT molecular complexity index is 655. The largest absolute Gasteiger partial charge is 0.506 e. The van der Waals surface area contributed by atoms with Crippen molar-refractivity contribution in [3.8, 4) is 23.3 Å². The number of nitrogen functional groups attached to an aromatic ring is 2. The maximum atomic E-state index is 9.68. The van der Waals surface area contributed by atoms with Crippen molar-refractivity contribution in [1.29, 1.82) is 0 Å². The van der Waals surface area contributed by atoms with Crippen LogP contribution < -0.4 is 11.5 Å². The van der Waals surface area contributed by atoms with E-state index < -0.39 is 0 Å². The molecule has 0 aliphatic rings. The zero-order valence-electron chi connectivity index (χ0n) is 9.51. The Hall–Kier alpha value is -2.80. The molecule has 0 saturated heterocycles. The fourth-order valence-electron chi connectivity index (χ4n) is 1.42. The maximum Gasteiger partial charge on any atom is 0.154 e. The molecule has 0 amide bonds. The second-order valence-corrected chi connectivity index (χ2v) is 3.77. The lowest BCUT2D eigenvalue weighted by Crippen LogP contribution is -1.88. The summed E-state index contributed by atoms with van der Waals surface area (Å²) in [5.74, 6) is 5.55. The third-order valence-corrected chi connectivity index (χ3v) is 2.44. The standard InChI is InChI=1S/C14H12N2O2/c15-11-7-5-9(8-13(11)17)4-6-10-2-1-3-12(16)14(10)18/h1-3,5,7-8,17-18H,15-16H2. The SMILES string of the molecule is Nc1ccc(C#Cc2cccc(N)c2O)cc1O. The van der Waals surface area contributed by atoms with Crippen LogP contribution in [0.1, 0.15) is 11.1 Å². The first-order valence-corrected chi connectivity index (χ1v) is 5.26. The molecule has 4 heteroatoms. The summed E-state index contributed by atoms with van der Waals surface area (Å²) in [6.45, 7) is 0. The fraction of sp³-hybridized carbons (Fsp3) is 0. The highest BCUT2D eigenvalue weighted by Gasteiger charge is 2.01. The summed E-state index contributed by atoms with van der Waals surface area (Å²) >= 11 is 0. The highest BCUT2D eigenvalue weighted by molar-refractivity contribution is 5.62. The Kier molecular flexibility index (Phi) is 2.98. The summed E-state index contributed by atoms with van der Waals surface area (Å²) in [7, 11) is 0. The van der Waals surface area contributed by atoms with Crippen LogP contribution in [-0.4, -0.2) is 10.2 Å². The molecule has 0 saturated carbocycles. The van der Waals surface area contributed by atoms with Crippen molar-refractivity contribution >= 4 is 11.4 Å². The van der Waals surface area contributed by atoms with E-state index in [2.05, 4.69) is 11.8 Å². The Balaban J connectivity index is 2.37. The van der Waals surface area contributed by atoms with E-state index in [4.69, 9.17) is 11.5 Å². The van der Waals surface area contributed by atoms with Crippen LogP contribution >= 0.6 is 0 Å². The Morgan fingerprint density at radius 3 is 2.39 bits per heavy atom. The Morgan fingerprint density at radius 1 is 0.889 bits per heavy atom. The number of aromatic hydroxyl groups is 2. The molecule has 4 nitrogen and oxygen atoms in total. The number of hydrogen-bond donors (Lipinski definition) is 4. The number of phenols is 2. The van der Waals surface area contributed by atoms with Crippen LogP contribution in [0.3, 0.4) is 0 Å². The topological polar surface area (TPSA) is 92.5 Å². The minimum Gasteiger partial charge on any atom is -0.506 e. The van der Waals surface area contributed by atoms with Crippen LogP contribution in [-0.2, 0) is 0 Å². The van der Waals surface area contributed by atoms with Crippen molar-refractivity contribution in [1.82, 2.24) is 0 Å². The molecule has 90 valence electrons. The molecule has 0 aliphatic carbocycles. The third-order valence-electron chi connectivity index (χ3n) is 2.44. The second-order valence-electron chi connectivity index (χ2n) is 3.77. The molecule has 0 aliphatic heterocycles. The average molecular weight is 240 g/mol. The van der Waals surface area contributed by atoms with E-state index in [1.807, 2.05) is 0 Å². The summed E-state index contributed by atoms with van der Waals surface area (Å²) in [5, 5.41) is 19.1. The van der Waals surface area contributed by atoms with Gasteiger partial charge in [-0.3, -0.25) is 0 Å². The van der Waals surface area contributed by atoms with Gasteiger partial charge in [0, 0.05) is 5.56 Å². The summed E-state index contributed by atoms with van der Waals surface area (Å²) < 4.78 is 0. The number of para-hydroxylation sites is 1. The average Bonchev–Trinajstić information content (AvgIpc) is 2.35. The molecule has 0 aromatic heterocycles. The third kappa shape index (κ3) is 2.30. The molecule has 18 heavy (non-hydrogen) atoms. The highest BCUT2D eigenvalue weighted by Crippen LogP contribution is 2.24. The minimum atomic E-state index is -0.0373. The van der Waals surface area contributed by atoms with Gasteiger partial charge in [0.15, 0.2) is 5.75 Å². The second kappa shape index (κ2) is 4.60. The van der Waals surface area contributed by atoms with Gasteiger partial charge in [-0.25, -0.2) is 0 Å². The highest BCUT2D eigenvalue weighted by atomic mass is 16.3. The van der Waals surface area contributed by atoms with Gasteiger partial charge in [-0.05, 0) is 30.3 Å². The van der Waals surface area contributed by atoms with Crippen LogP contribution in [0, 0.1) is 11.8 Å². The Morgan fingerprint density at radius 2 is 1.67 bits per heavy atom. The number of hydrogen-bond acceptors (Lipinski definition) is 4. The van der Waals surface area contributed by atoms with Crippen LogP contribution in [0.2, 0.25) is 0 Å². The van der Waals surface area contributed by atoms with E-state index in [1.165, 1.54) is 6.07 Å². The lowest BCUT2D eigenvalue weighted by atomic mass is 10.1. The molecule has 2 aromatic carbocycles. The van der Waals surface area contributed by atoms with Crippen LogP contribution in [0.4, 0.5) is 11.4 Å². The van der Waals surface area contributed by atoms with Gasteiger partial charge in [-0.15, -0.1) is 0 Å². The summed E-state index contributed by atoms with van der Waals surface area (Å²) in [4.78, 5) is 0. The van der Waals surface area contributed by atoms with Crippen molar-refractivity contribution in [3.05, 3.63) is 47.5 Å². The zero-order valence-corrected chi connectivity index (χ0v) is 9.51. The molecule has 0 unspecified atom stereocenters. The Labute approximate surface area is 104 Å². The van der Waals surface area contributed by atoms with E-state index >= 15 is 0 Å². The number of benzene rings is 2. The molecular weight excluding hydrogens is 228 g/mol. The smallest absolute Gasteiger partial charge is 0.154 e. The number of phenolic OH excluding ortho intramolecular Hbond substituents is 2. The lowest BCUT2D eigenvalue weighted by Gasteiger charge is -2.00. The van der Waals surface area contributed by atoms with Gasteiger partial charge in [0.2, 0.25) is 0 Å². The minimum absolute atomic E-state index is 0.0152. The predicted octanol–water partition coefficient (Wildman–Crippen LogP) is 1.66. The lowest BCUT2D eigenvalue weighted by molar-refractivity contribution is 0.476. The fourth-order valence-corrected chi connectivity index (χ4v) is 1.42.